The van der Waals surface area contributed by atoms with E-state index in [0.29, 0.717) is 23.7 Å². The molecule has 3 aromatic rings. The summed E-state index contributed by atoms with van der Waals surface area (Å²) in [7, 11) is 3.92. The first-order valence-corrected chi connectivity index (χ1v) is 11.5. The number of carbonyl (C=O) groups excluding carboxylic acids is 1. The predicted molar refractivity (Wildman–Crippen MR) is 141 cm³/mol. The van der Waals surface area contributed by atoms with Crippen molar-refractivity contribution in [2.24, 2.45) is 10.9 Å². The predicted octanol–water partition coefficient (Wildman–Crippen LogP) is 4.39. The van der Waals surface area contributed by atoms with Crippen molar-refractivity contribution in [3.05, 3.63) is 30.1 Å². The van der Waals surface area contributed by atoms with Crippen molar-refractivity contribution in [3.8, 4) is 11.3 Å². The van der Waals surface area contributed by atoms with Crippen LogP contribution < -0.4 is 11.1 Å². The summed E-state index contributed by atoms with van der Waals surface area (Å²) in [5.41, 5.74) is 11.2. The van der Waals surface area contributed by atoms with Gasteiger partial charge in [0.1, 0.15) is 11.8 Å². The Balaban J connectivity index is 0.000000945. The maximum absolute atomic E-state index is 11.4. The van der Waals surface area contributed by atoms with Gasteiger partial charge in [0.25, 0.3) is 0 Å². The average Bonchev–Trinajstić information content (AvgIpc) is 3.16. The number of anilines is 2. The van der Waals surface area contributed by atoms with Crippen LogP contribution in [0.25, 0.3) is 16.8 Å². The highest BCUT2D eigenvalue weighted by atomic mass is 16.1. The molecule has 0 spiro atoms. The normalized spacial score (nSPS) is 11.8. The van der Waals surface area contributed by atoms with E-state index in [9.17, 15) is 4.79 Å². The number of hydrogen-bond acceptors (Lipinski definition) is 8. The third-order valence-corrected chi connectivity index (χ3v) is 4.58. The number of fused-ring (bicyclic) bond motifs is 1. The van der Waals surface area contributed by atoms with Crippen LogP contribution in [-0.2, 0) is 4.79 Å². The maximum atomic E-state index is 11.4. The lowest BCUT2D eigenvalue weighted by Crippen LogP contribution is -2.28. The molecule has 0 saturated heterocycles. The lowest BCUT2D eigenvalue weighted by Gasteiger charge is -2.16. The smallest absolute Gasteiger partial charge is 0.243 e. The van der Waals surface area contributed by atoms with Gasteiger partial charge >= 0.3 is 0 Å². The number of nitrogens with one attached hydrogen (secondary N) is 1. The van der Waals surface area contributed by atoms with Crippen molar-refractivity contribution >= 4 is 35.0 Å². The molecular weight excluding hydrogens is 428 g/mol. The molecule has 0 amide bonds. The summed E-state index contributed by atoms with van der Waals surface area (Å²) < 4.78 is 1.66. The number of nitrogens with zero attached hydrogens (tertiary/aromatic N) is 6. The summed E-state index contributed by atoms with van der Waals surface area (Å²) in [5, 5.41) is 7.52. The van der Waals surface area contributed by atoms with E-state index in [1.165, 1.54) is 0 Å². The van der Waals surface area contributed by atoms with Crippen molar-refractivity contribution in [1.29, 1.82) is 0 Å². The molecule has 3 N–H and O–H groups in total. The minimum atomic E-state index is -0.390. The van der Waals surface area contributed by atoms with Crippen LogP contribution in [0.3, 0.4) is 0 Å². The topological polar surface area (TPSA) is 114 Å². The molecule has 0 aliphatic carbocycles. The number of hydrogen-bond donors (Lipinski definition) is 2. The lowest BCUT2D eigenvalue weighted by atomic mass is 10.1. The molecule has 0 bridgehead atoms. The number of nitrogens with two attached hydrogens (primary N) is 1. The number of aliphatic imine (C=N–C) groups is 1. The summed E-state index contributed by atoms with van der Waals surface area (Å²) in [6.45, 7) is 13.1. The fourth-order valence-corrected chi connectivity index (χ4v) is 3.12. The molecule has 0 aliphatic rings. The second-order valence-electron chi connectivity index (χ2n) is 9.41. The van der Waals surface area contributed by atoms with Crippen molar-refractivity contribution in [1.82, 2.24) is 24.5 Å². The van der Waals surface area contributed by atoms with E-state index in [1.807, 2.05) is 64.2 Å². The van der Waals surface area contributed by atoms with Gasteiger partial charge in [-0.1, -0.05) is 20.8 Å². The SMILES string of the molecule is CC(C)=Nc1ccc(-c2ccn3nc(NC(C=O)CCN(C)C)nc(N)c23)nc1C.CC(C)C. The van der Waals surface area contributed by atoms with E-state index in [2.05, 4.69) is 46.1 Å². The Kier molecular flexibility index (Phi) is 9.68. The summed E-state index contributed by atoms with van der Waals surface area (Å²) in [4.78, 5) is 27.0. The van der Waals surface area contributed by atoms with Crippen LogP contribution in [0.2, 0.25) is 0 Å². The maximum Gasteiger partial charge on any atom is 0.243 e. The van der Waals surface area contributed by atoms with Crippen LogP contribution in [0, 0.1) is 12.8 Å². The van der Waals surface area contributed by atoms with Crippen LogP contribution in [-0.4, -0.2) is 63.2 Å². The fourth-order valence-electron chi connectivity index (χ4n) is 3.12. The fraction of sp³-hybridized carbons (Fsp3) is 0.480. The molecule has 0 aliphatic heterocycles. The molecular formula is C25H38N8O. The molecule has 3 aromatic heterocycles. The molecule has 0 fully saturated rings. The van der Waals surface area contributed by atoms with Crippen LogP contribution in [0.15, 0.2) is 29.4 Å². The van der Waals surface area contributed by atoms with Crippen molar-refractivity contribution in [3.63, 3.8) is 0 Å². The molecule has 34 heavy (non-hydrogen) atoms. The summed E-state index contributed by atoms with van der Waals surface area (Å²) in [6, 6.07) is 5.38. The Bertz CT molecular complexity index is 1130. The van der Waals surface area contributed by atoms with Crippen LogP contribution in [0.1, 0.15) is 46.7 Å². The van der Waals surface area contributed by atoms with Gasteiger partial charge in [-0.25, -0.2) is 4.52 Å². The first-order valence-electron chi connectivity index (χ1n) is 11.5. The van der Waals surface area contributed by atoms with Crippen LogP contribution in [0.5, 0.6) is 0 Å². The zero-order valence-electron chi connectivity index (χ0n) is 21.6. The number of pyridine rings is 1. The summed E-state index contributed by atoms with van der Waals surface area (Å²) in [5.74, 6) is 1.46. The van der Waals surface area contributed by atoms with E-state index in [4.69, 9.17) is 5.73 Å². The van der Waals surface area contributed by atoms with E-state index >= 15 is 0 Å². The van der Waals surface area contributed by atoms with Gasteiger partial charge in [0.15, 0.2) is 5.82 Å². The zero-order chi connectivity index (χ0) is 25.4. The minimum Gasteiger partial charge on any atom is -0.382 e. The van der Waals surface area contributed by atoms with Gasteiger partial charge in [-0.05, 0) is 71.9 Å². The molecule has 0 aromatic carbocycles. The molecule has 3 heterocycles. The van der Waals surface area contributed by atoms with Gasteiger partial charge in [0, 0.05) is 17.5 Å². The summed E-state index contributed by atoms with van der Waals surface area (Å²) in [6.07, 6.45) is 3.32. The van der Waals surface area contributed by atoms with E-state index in [0.717, 1.165) is 47.1 Å². The third kappa shape index (κ3) is 7.62. The van der Waals surface area contributed by atoms with Crippen LogP contribution in [0.4, 0.5) is 17.5 Å². The van der Waals surface area contributed by atoms with Gasteiger partial charge < -0.3 is 20.7 Å². The van der Waals surface area contributed by atoms with Gasteiger partial charge in [-0.3, -0.25) is 9.98 Å². The quantitative estimate of drug-likeness (QED) is 0.374. The molecule has 1 atom stereocenters. The third-order valence-electron chi connectivity index (χ3n) is 4.58. The van der Waals surface area contributed by atoms with Gasteiger partial charge in [0.2, 0.25) is 5.95 Å². The Labute approximate surface area is 202 Å². The Morgan fingerprint density at radius 2 is 1.88 bits per heavy atom. The molecule has 9 heteroatoms. The number of aryl methyl sites for hydroxylation is 1. The van der Waals surface area contributed by atoms with E-state index < -0.39 is 6.04 Å². The van der Waals surface area contributed by atoms with E-state index in [1.54, 1.807) is 4.52 Å². The van der Waals surface area contributed by atoms with Crippen LogP contribution >= 0.6 is 0 Å². The van der Waals surface area contributed by atoms with Crippen molar-refractivity contribution < 1.29 is 4.79 Å². The molecule has 1 unspecified atom stereocenters. The number of nitrogen functional groups attached to an aromatic ring is 1. The Hall–Kier alpha value is -3.33. The largest absolute Gasteiger partial charge is 0.382 e. The molecule has 0 radical (unpaired) electrons. The number of carbonyl (C=O) groups is 1. The highest BCUT2D eigenvalue weighted by molar-refractivity contribution is 5.87. The van der Waals surface area contributed by atoms with Gasteiger partial charge in [-0.15, -0.1) is 5.10 Å². The standard InChI is InChI=1S/C21H28N8O.C4H10/c1-13(2)23-17-6-7-18(24-14(17)3)16-9-11-29-19(16)20(22)26-21(27-29)25-15(12-30)8-10-28(4)5;1-4(2)3/h6-7,9,11-12,15H,8,10H2,1-5H3,(H3,22,25,26,27);4H,1-3H3. The number of aromatic nitrogens is 4. The number of rotatable bonds is 8. The highest BCUT2D eigenvalue weighted by Gasteiger charge is 2.16. The second-order valence-corrected chi connectivity index (χ2v) is 9.41. The lowest BCUT2D eigenvalue weighted by molar-refractivity contribution is -0.108. The average molecular weight is 467 g/mol. The Morgan fingerprint density at radius 3 is 2.44 bits per heavy atom. The number of aldehydes is 1. The highest BCUT2D eigenvalue weighted by Crippen LogP contribution is 2.30. The monoisotopic (exact) mass is 466 g/mol. The second kappa shape index (κ2) is 12.2. The molecule has 184 valence electrons. The zero-order valence-corrected chi connectivity index (χ0v) is 21.6. The van der Waals surface area contributed by atoms with Crippen molar-refractivity contribution in [2.45, 2.75) is 54.0 Å². The van der Waals surface area contributed by atoms with Crippen molar-refractivity contribution in [2.75, 3.05) is 31.7 Å². The van der Waals surface area contributed by atoms with E-state index in [-0.39, 0.29) is 0 Å². The first-order chi connectivity index (χ1) is 16.0. The summed E-state index contributed by atoms with van der Waals surface area (Å²) >= 11 is 0. The Morgan fingerprint density at radius 1 is 1.21 bits per heavy atom. The molecule has 3 rings (SSSR count). The minimum absolute atomic E-state index is 0.310. The molecule has 9 nitrogen and oxygen atoms in total. The first kappa shape index (κ1) is 26.9. The van der Waals surface area contributed by atoms with Gasteiger partial charge in [-0.2, -0.15) is 4.98 Å². The van der Waals surface area contributed by atoms with Gasteiger partial charge in [0.05, 0.1) is 23.1 Å². The molecule has 0 saturated carbocycles.